The van der Waals surface area contributed by atoms with E-state index in [9.17, 15) is 4.79 Å². The number of nitrogens with zero attached hydrogens (tertiary/aromatic N) is 5. The van der Waals surface area contributed by atoms with Gasteiger partial charge < -0.3 is 14.2 Å². The van der Waals surface area contributed by atoms with Crippen molar-refractivity contribution in [1.82, 2.24) is 24.8 Å². The van der Waals surface area contributed by atoms with Crippen molar-refractivity contribution in [3.63, 3.8) is 0 Å². The predicted molar refractivity (Wildman–Crippen MR) is 87.4 cm³/mol. The maximum absolute atomic E-state index is 12.3. The Morgan fingerprint density at radius 2 is 1.79 bits per heavy atom. The van der Waals surface area contributed by atoms with Crippen molar-refractivity contribution in [2.75, 3.05) is 59.0 Å². The second-order valence-electron chi connectivity index (χ2n) is 6.40. The van der Waals surface area contributed by atoms with Crippen LogP contribution in [0, 0.1) is 0 Å². The van der Waals surface area contributed by atoms with Crippen LogP contribution in [-0.2, 0) is 22.5 Å². The number of rotatable bonds is 6. The number of morpholine rings is 1. The maximum atomic E-state index is 12.3. The van der Waals surface area contributed by atoms with Crippen LogP contribution in [0.1, 0.15) is 25.1 Å². The molecule has 2 aliphatic heterocycles. The Hall–Kier alpha value is -1.51. The highest BCUT2D eigenvalue weighted by molar-refractivity contribution is 5.78. The van der Waals surface area contributed by atoms with Gasteiger partial charge in [-0.25, -0.2) is 0 Å². The van der Waals surface area contributed by atoms with E-state index >= 15 is 0 Å². The van der Waals surface area contributed by atoms with Gasteiger partial charge in [-0.05, 0) is 6.42 Å². The van der Waals surface area contributed by atoms with Gasteiger partial charge in [0, 0.05) is 45.7 Å². The van der Waals surface area contributed by atoms with E-state index in [1.807, 2.05) is 4.90 Å². The van der Waals surface area contributed by atoms with Gasteiger partial charge in [0.05, 0.1) is 26.3 Å². The molecule has 0 radical (unpaired) electrons. The summed E-state index contributed by atoms with van der Waals surface area (Å²) in [6.45, 7) is 9.69. The van der Waals surface area contributed by atoms with Crippen LogP contribution in [0.2, 0.25) is 0 Å². The molecule has 0 aliphatic carbocycles. The van der Waals surface area contributed by atoms with Gasteiger partial charge >= 0.3 is 0 Å². The Kier molecular flexibility index (Phi) is 6.17. The van der Waals surface area contributed by atoms with E-state index in [1.54, 1.807) is 0 Å². The van der Waals surface area contributed by atoms with Crippen molar-refractivity contribution in [3.05, 3.63) is 11.7 Å². The Balaban J connectivity index is 1.39. The summed E-state index contributed by atoms with van der Waals surface area (Å²) in [5, 5.41) is 3.99. The topological polar surface area (TPSA) is 74.9 Å². The SMILES string of the molecule is CCCc1noc(CN2CCN(CC(=O)N3CCOCC3)CC2)n1. The zero-order chi connectivity index (χ0) is 16.8. The summed E-state index contributed by atoms with van der Waals surface area (Å²) in [5.41, 5.74) is 0. The molecule has 0 atom stereocenters. The molecule has 0 saturated carbocycles. The van der Waals surface area contributed by atoms with Crippen LogP contribution in [0.5, 0.6) is 0 Å². The minimum absolute atomic E-state index is 0.216. The number of hydrogen-bond donors (Lipinski definition) is 0. The van der Waals surface area contributed by atoms with E-state index in [-0.39, 0.29) is 5.91 Å². The Morgan fingerprint density at radius 1 is 1.08 bits per heavy atom. The molecule has 1 amide bonds. The van der Waals surface area contributed by atoms with Crippen molar-refractivity contribution in [3.8, 4) is 0 Å². The largest absolute Gasteiger partial charge is 0.378 e. The molecule has 3 heterocycles. The van der Waals surface area contributed by atoms with Gasteiger partial charge in [-0.15, -0.1) is 0 Å². The summed E-state index contributed by atoms with van der Waals surface area (Å²) < 4.78 is 10.6. The van der Waals surface area contributed by atoms with Crippen molar-refractivity contribution in [2.45, 2.75) is 26.3 Å². The lowest BCUT2D eigenvalue weighted by Crippen LogP contribution is -2.51. The van der Waals surface area contributed by atoms with Gasteiger partial charge in [0.2, 0.25) is 11.8 Å². The number of aromatic nitrogens is 2. The fourth-order valence-electron chi connectivity index (χ4n) is 3.08. The molecule has 24 heavy (non-hydrogen) atoms. The molecule has 0 spiro atoms. The normalized spacial score (nSPS) is 20.5. The molecule has 0 N–H and O–H groups in total. The molecule has 2 aliphatic rings. The van der Waals surface area contributed by atoms with E-state index in [4.69, 9.17) is 9.26 Å². The first-order chi connectivity index (χ1) is 11.7. The number of carbonyl (C=O) groups is 1. The quantitative estimate of drug-likeness (QED) is 0.723. The van der Waals surface area contributed by atoms with Gasteiger partial charge in [-0.1, -0.05) is 12.1 Å². The minimum Gasteiger partial charge on any atom is -0.378 e. The Labute approximate surface area is 142 Å². The van der Waals surface area contributed by atoms with Crippen molar-refractivity contribution in [2.24, 2.45) is 0 Å². The molecule has 0 aromatic carbocycles. The molecular weight excluding hydrogens is 310 g/mol. The lowest BCUT2D eigenvalue weighted by atomic mass is 10.3. The van der Waals surface area contributed by atoms with E-state index in [0.29, 0.717) is 32.2 Å². The van der Waals surface area contributed by atoms with Crippen LogP contribution in [0.15, 0.2) is 4.52 Å². The van der Waals surface area contributed by atoms with Crippen LogP contribution < -0.4 is 0 Å². The van der Waals surface area contributed by atoms with E-state index in [0.717, 1.165) is 57.9 Å². The number of hydrogen-bond acceptors (Lipinski definition) is 7. The smallest absolute Gasteiger partial charge is 0.240 e. The standard InChI is InChI=1S/C16H27N5O3/c1-2-3-14-17-15(24-18-14)12-19-4-6-20(7-5-19)13-16(22)21-8-10-23-11-9-21/h2-13H2,1H3. The summed E-state index contributed by atoms with van der Waals surface area (Å²) in [7, 11) is 0. The molecule has 8 heteroatoms. The highest BCUT2D eigenvalue weighted by Crippen LogP contribution is 2.09. The maximum Gasteiger partial charge on any atom is 0.240 e. The number of piperazine rings is 1. The molecule has 2 saturated heterocycles. The highest BCUT2D eigenvalue weighted by atomic mass is 16.5. The van der Waals surface area contributed by atoms with Crippen molar-refractivity contribution in [1.29, 1.82) is 0 Å². The molecule has 1 aromatic rings. The van der Waals surface area contributed by atoms with E-state index < -0.39 is 0 Å². The van der Waals surface area contributed by atoms with E-state index in [2.05, 4.69) is 26.9 Å². The second-order valence-corrected chi connectivity index (χ2v) is 6.40. The number of amides is 1. The average Bonchev–Trinajstić information content (AvgIpc) is 3.05. The number of ether oxygens (including phenoxy) is 1. The first-order valence-electron chi connectivity index (χ1n) is 8.86. The fraction of sp³-hybridized carbons (Fsp3) is 0.812. The molecule has 2 fully saturated rings. The van der Waals surface area contributed by atoms with E-state index in [1.165, 1.54) is 0 Å². The molecular formula is C16H27N5O3. The Morgan fingerprint density at radius 3 is 2.50 bits per heavy atom. The van der Waals surface area contributed by atoms with Gasteiger partial charge in [0.15, 0.2) is 5.82 Å². The summed E-state index contributed by atoms with van der Waals surface area (Å²) in [6, 6.07) is 0. The van der Waals surface area contributed by atoms with Crippen LogP contribution in [0.4, 0.5) is 0 Å². The zero-order valence-electron chi connectivity index (χ0n) is 14.4. The molecule has 1 aromatic heterocycles. The minimum atomic E-state index is 0.216. The summed E-state index contributed by atoms with van der Waals surface area (Å²) in [4.78, 5) is 23.1. The molecule has 3 rings (SSSR count). The predicted octanol–water partition coefficient (Wildman–Crippen LogP) is -0.00150. The molecule has 0 bridgehead atoms. The molecule has 134 valence electrons. The monoisotopic (exact) mass is 337 g/mol. The fourth-order valence-corrected chi connectivity index (χ4v) is 3.08. The van der Waals surface area contributed by atoms with Gasteiger partial charge in [-0.2, -0.15) is 4.98 Å². The van der Waals surface area contributed by atoms with Crippen LogP contribution in [0.3, 0.4) is 0 Å². The lowest BCUT2D eigenvalue weighted by Gasteiger charge is -2.35. The average molecular weight is 337 g/mol. The highest BCUT2D eigenvalue weighted by Gasteiger charge is 2.23. The summed E-state index contributed by atoms with van der Waals surface area (Å²) >= 11 is 0. The molecule has 0 unspecified atom stereocenters. The first kappa shape index (κ1) is 17.3. The first-order valence-corrected chi connectivity index (χ1v) is 8.86. The van der Waals surface area contributed by atoms with Crippen molar-refractivity contribution >= 4 is 5.91 Å². The van der Waals surface area contributed by atoms with Gasteiger partial charge in [-0.3, -0.25) is 14.6 Å². The summed E-state index contributed by atoms with van der Waals surface area (Å²) in [6.07, 6.45) is 1.88. The third kappa shape index (κ3) is 4.75. The van der Waals surface area contributed by atoms with Gasteiger partial charge in [0.1, 0.15) is 0 Å². The Bertz CT molecular complexity index is 522. The van der Waals surface area contributed by atoms with Crippen LogP contribution in [0.25, 0.3) is 0 Å². The molecule has 8 nitrogen and oxygen atoms in total. The van der Waals surface area contributed by atoms with Crippen molar-refractivity contribution < 1.29 is 14.1 Å². The number of carbonyl (C=O) groups excluding carboxylic acids is 1. The van der Waals surface area contributed by atoms with Crippen LogP contribution >= 0.6 is 0 Å². The number of aryl methyl sites for hydroxylation is 1. The third-order valence-electron chi connectivity index (χ3n) is 4.53. The lowest BCUT2D eigenvalue weighted by molar-refractivity contribution is -0.136. The van der Waals surface area contributed by atoms with Crippen LogP contribution in [-0.4, -0.2) is 89.8 Å². The second kappa shape index (κ2) is 8.55. The zero-order valence-corrected chi connectivity index (χ0v) is 14.4. The summed E-state index contributed by atoms with van der Waals surface area (Å²) in [5.74, 6) is 1.70. The third-order valence-corrected chi connectivity index (χ3v) is 4.53. The van der Waals surface area contributed by atoms with Gasteiger partial charge in [0.25, 0.3) is 0 Å².